The fourth-order valence-corrected chi connectivity index (χ4v) is 1.78. The molecule has 0 aliphatic rings. The van der Waals surface area contributed by atoms with Gasteiger partial charge in [-0.25, -0.2) is 9.48 Å². The van der Waals surface area contributed by atoms with Gasteiger partial charge in [-0.15, -0.1) is 5.10 Å². The molecule has 2 aromatic rings. The molecule has 1 aromatic carbocycles. The van der Waals surface area contributed by atoms with E-state index < -0.39 is 0 Å². The molecule has 0 bridgehead atoms. The molecule has 0 saturated heterocycles. The molecule has 6 nitrogen and oxygen atoms in total. The molecule has 0 radical (unpaired) electrons. The number of carbonyl (C=O) groups is 1. The summed E-state index contributed by atoms with van der Waals surface area (Å²) in [4.78, 5) is 11.3. The lowest BCUT2D eigenvalue weighted by molar-refractivity contribution is -0.137. The van der Waals surface area contributed by atoms with E-state index in [1.54, 1.807) is 31.8 Å². The summed E-state index contributed by atoms with van der Waals surface area (Å²) in [6.07, 6.45) is 3.04. The van der Waals surface area contributed by atoms with Crippen LogP contribution >= 0.6 is 0 Å². The third kappa shape index (κ3) is 2.73. The van der Waals surface area contributed by atoms with Crippen molar-refractivity contribution in [2.75, 3.05) is 13.7 Å². The smallest absolute Gasteiger partial charge is 0.330 e. The van der Waals surface area contributed by atoms with E-state index in [-0.39, 0.29) is 5.97 Å². The Balaban J connectivity index is 2.37. The SMILES string of the molecule is CCOC(=O)C=Cc1cc(OC)c2c(c1)nnn2C. The standard InChI is InChI=1S/C13H15N3O3/c1-4-19-12(17)6-5-9-7-10-13(11(8-9)18-3)16(2)15-14-10/h5-8H,4H2,1-3H3. The third-order valence-corrected chi connectivity index (χ3v) is 2.61. The van der Waals surface area contributed by atoms with Gasteiger partial charge in [0.25, 0.3) is 0 Å². The van der Waals surface area contributed by atoms with E-state index in [1.165, 1.54) is 6.08 Å². The zero-order chi connectivity index (χ0) is 13.8. The van der Waals surface area contributed by atoms with Crippen LogP contribution in [0.1, 0.15) is 12.5 Å². The van der Waals surface area contributed by atoms with Gasteiger partial charge in [-0.2, -0.15) is 0 Å². The zero-order valence-corrected chi connectivity index (χ0v) is 11.1. The van der Waals surface area contributed by atoms with Crippen LogP contribution < -0.4 is 4.74 Å². The Morgan fingerprint density at radius 2 is 2.26 bits per heavy atom. The largest absolute Gasteiger partial charge is 0.494 e. The van der Waals surface area contributed by atoms with Crippen molar-refractivity contribution in [3.63, 3.8) is 0 Å². The maximum Gasteiger partial charge on any atom is 0.330 e. The molecule has 6 heteroatoms. The lowest BCUT2D eigenvalue weighted by Gasteiger charge is -2.04. The van der Waals surface area contributed by atoms with E-state index in [0.29, 0.717) is 17.9 Å². The highest BCUT2D eigenvalue weighted by Gasteiger charge is 2.09. The predicted octanol–water partition coefficient (Wildman–Crippen LogP) is 1.55. The number of hydrogen-bond donors (Lipinski definition) is 0. The quantitative estimate of drug-likeness (QED) is 0.617. The molecule has 2 rings (SSSR count). The Morgan fingerprint density at radius 3 is 2.95 bits per heavy atom. The molecular weight excluding hydrogens is 246 g/mol. The van der Waals surface area contributed by atoms with Gasteiger partial charge in [-0.05, 0) is 30.7 Å². The molecule has 19 heavy (non-hydrogen) atoms. The summed E-state index contributed by atoms with van der Waals surface area (Å²) in [7, 11) is 3.38. The van der Waals surface area contributed by atoms with E-state index >= 15 is 0 Å². The summed E-state index contributed by atoms with van der Waals surface area (Å²) in [6.45, 7) is 2.12. The second-order valence-electron chi connectivity index (χ2n) is 3.89. The van der Waals surface area contributed by atoms with Crippen LogP contribution in [0.15, 0.2) is 18.2 Å². The predicted molar refractivity (Wildman–Crippen MR) is 70.7 cm³/mol. The highest BCUT2D eigenvalue weighted by Crippen LogP contribution is 2.26. The number of carbonyl (C=O) groups excluding carboxylic acids is 1. The van der Waals surface area contributed by atoms with Crippen molar-refractivity contribution in [3.05, 3.63) is 23.8 Å². The number of aryl methyl sites for hydroxylation is 1. The van der Waals surface area contributed by atoms with Gasteiger partial charge >= 0.3 is 5.97 Å². The molecule has 0 aliphatic heterocycles. The van der Waals surface area contributed by atoms with E-state index in [9.17, 15) is 4.79 Å². The molecule has 0 fully saturated rings. The van der Waals surface area contributed by atoms with Gasteiger partial charge in [0, 0.05) is 13.1 Å². The maximum atomic E-state index is 11.3. The number of hydrogen-bond acceptors (Lipinski definition) is 5. The number of methoxy groups -OCH3 is 1. The van der Waals surface area contributed by atoms with Crippen LogP contribution in [-0.4, -0.2) is 34.7 Å². The van der Waals surface area contributed by atoms with Crippen molar-refractivity contribution in [3.8, 4) is 5.75 Å². The fourth-order valence-electron chi connectivity index (χ4n) is 1.78. The first kappa shape index (κ1) is 13.1. The molecule has 0 amide bonds. The minimum Gasteiger partial charge on any atom is -0.494 e. The van der Waals surface area contributed by atoms with Gasteiger partial charge in [0.05, 0.1) is 13.7 Å². The van der Waals surface area contributed by atoms with Crippen molar-refractivity contribution >= 4 is 23.1 Å². The normalized spacial score (nSPS) is 11.1. The van der Waals surface area contributed by atoms with Crippen LogP contribution in [0.3, 0.4) is 0 Å². The average Bonchev–Trinajstić information content (AvgIpc) is 2.78. The van der Waals surface area contributed by atoms with Crippen molar-refractivity contribution < 1.29 is 14.3 Å². The molecule has 100 valence electrons. The summed E-state index contributed by atoms with van der Waals surface area (Å²) in [5.74, 6) is 0.286. The third-order valence-electron chi connectivity index (χ3n) is 2.61. The van der Waals surface area contributed by atoms with E-state index in [0.717, 1.165) is 11.1 Å². The summed E-state index contributed by atoms with van der Waals surface area (Å²) in [5, 5.41) is 7.97. The molecule has 0 N–H and O–H groups in total. The molecule has 1 aromatic heterocycles. The number of benzene rings is 1. The molecule has 1 heterocycles. The van der Waals surface area contributed by atoms with Gasteiger partial charge < -0.3 is 9.47 Å². The number of nitrogens with zero attached hydrogens (tertiary/aromatic N) is 3. The van der Waals surface area contributed by atoms with Gasteiger partial charge in [-0.3, -0.25) is 0 Å². The number of ether oxygens (including phenoxy) is 2. The van der Waals surface area contributed by atoms with Crippen LogP contribution in [-0.2, 0) is 16.6 Å². The summed E-state index contributed by atoms with van der Waals surface area (Å²) >= 11 is 0. The van der Waals surface area contributed by atoms with Gasteiger partial charge in [0.15, 0.2) is 0 Å². The van der Waals surface area contributed by atoms with Gasteiger partial charge in [-0.1, -0.05) is 5.21 Å². The molecule has 0 aliphatic carbocycles. The topological polar surface area (TPSA) is 66.2 Å². The minimum atomic E-state index is -0.374. The highest BCUT2D eigenvalue weighted by atomic mass is 16.5. The second-order valence-corrected chi connectivity index (χ2v) is 3.89. The molecular formula is C13H15N3O3. The van der Waals surface area contributed by atoms with Crippen LogP contribution in [0.25, 0.3) is 17.1 Å². The Kier molecular flexibility index (Phi) is 3.79. The number of fused-ring (bicyclic) bond motifs is 1. The van der Waals surface area contributed by atoms with E-state index in [2.05, 4.69) is 10.3 Å². The number of esters is 1. The Hall–Kier alpha value is -2.37. The summed E-state index contributed by atoms with van der Waals surface area (Å²) < 4.78 is 11.8. The molecule has 0 unspecified atom stereocenters. The van der Waals surface area contributed by atoms with Crippen LogP contribution in [0.2, 0.25) is 0 Å². The average molecular weight is 261 g/mol. The number of rotatable bonds is 4. The monoisotopic (exact) mass is 261 g/mol. The first-order valence-corrected chi connectivity index (χ1v) is 5.88. The fraction of sp³-hybridized carbons (Fsp3) is 0.308. The van der Waals surface area contributed by atoms with Gasteiger partial charge in [0.1, 0.15) is 16.8 Å². The van der Waals surface area contributed by atoms with Crippen molar-refractivity contribution in [1.29, 1.82) is 0 Å². The highest BCUT2D eigenvalue weighted by molar-refractivity contribution is 5.89. The minimum absolute atomic E-state index is 0.357. The molecule has 0 saturated carbocycles. The zero-order valence-electron chi connectivity index (χ0n) is 11.1. The maximum absolute atomic E-state index is 11.3. The first-order valence-electron chi connectivity index (χ1n) is 5.88. The Morgan fingerprint density at radius 1 is 1.47 bits per heavy atom. The first-order chi connectivity index (χ1) is 9.15. The van der Waals surface area contributed by atoms with E-state index in [4.69, 9.17) is 9.47 Å². The van der Waals surface area contributed by atoms with Gasteiger partial charge in [0.2, 0.25) is 0 Å². The van der Waals surface area contributed by atoms with Crippen LogP contribution in [0.4, 0.5) is 0 Å². The number of aromatic nitrogens is 3. The molecule has 0 atom stereocenters. The molecule has 0 spiro atoms. The lowest BCUT2D eigenvalue weighted by Crippen LogP contribution is -1.98. The van der Waals surface area contributed by atoms with Crippen molar-refractivity contribution in [2.24, 2.45) is 7.05 Å². The Labute approximate surface area is 110 Å². The summed E-state index contributed by atoms with van der Waals surface area (Å²) in [5.41, 5.74) is 2.33. The second kappa shape index (κ2) is 5.51. The van der Waals surface area contributed by atoms with Crippen molar-refractivity contribution in [2.45, 2.75) is 6.92 Å². The van der Waals surface area contributed by atoms with Crippen LogP contribution in [0.5, 0.6) is 5.75 Å². The Bertz CT molecular complexity index is 631. The van der Waals surface area contributed by atoms with E-state index in [1.807, 2.05) is 12.1 Å². The van der Waals surface area contributed by atoms with Crippen molar-refractivity contribution in [1.82, 2.24) is 15.0 Å². The lowest BCUT2D eigenvalue weighted by atomic mass is 10.1. The summed E-state index contributed by atoms with van der Waals surface area (Å²) in [6, 6.07) is 3.65. The van der Waals surface area contributed by atoms with Crippen LogP contribution in [0, 0.1) is 0 Å².